The molecule has 0 saturated heterocycles. The van der Waals surface area contributed by atoms with Gasteiger partial charge in [0.05, 0.1) is 24.3 Å². The molecule has 2 aliphatic rings. The molecule has 0 radical (unpaired) electrons. The minimum Gasteiger partial charge on any atom is -0.390 e. The summed E-state index contributed by atoms with van der Waals surface area (Å²) in [6, 6.07) is 17.8. The highest BCUT2D eigenvalue weighted by Crippen LogP contribution is 2.46. The number of benzene rings is 3. The van der Waals surface area contributed by atoms with Crippen LogP contribution in [-0.4, -0.2) is 62.9 Å². The number of nitrogens with zero attached hydrogens (tertiary/aromatic N) is 3. The average molecular weight is 766 g/mol. The quantitative estimate of drug-likeness (QED) is 0.0669. The third-order valence-electron chi connectivity index (χ3n) is 10.5. The summed E-state index contributed by atoms with van der Waals surface area (Å²) in [7, 11) is 0. The SMILES string of the molecule is CCCCCCCN(C(=O)c1cc(C(=O)N[C@@H](Cc2cc(F)cc(F)c2)[C@H](O)CNC2(c3cccc(C(F)(F)F)c3)CC2)nn1Cc1ccccc1)C1CC1. The smallest absolute Gasteiger partial charge is 0.390 e. The summed E-state index contributed by atoms with van der Waals surface area (Å²) < 4.78 is 70.5. The van der Waals surface area contributed by atoms with Crippen molar-refractivity contribution in [3.63, 3.8) is 0 Å². The Hall–Kier alpha value is -4.62. The molecule has 3 aromatic carbocycles. The van der Waals surface area contributed by atoms with Crippen LogP contribution in [0.4, 0.5) is 22.0 Å². The number of nitrogens with one attached hydrogen (secondary N) is 2. The van der Waals surface area contributed by atoms with Gasteiger partial charge in [0.2, 0.25) is 0 Å². The summed E-state index contributed by atoms with van der Waals surface area (Å²) in [5.74, 6) is -2.59. The third kappa shape index (κ3) is 10.6. The Morgan fingerprint density at radius 2 is 1.64 bits per heavy atom. The predicted octanol–water partition coefficient (Wildman–Crippen LogP) is 7.78. The third-order valence-corrected chi connectivity index (χ3v) is 10.5. The summed E-state index contributed by atoms with van der Waals surface area (Å²) in [6.07, 6.45) is 2.04. The Morgan fingerprint density at radius 3 is 2.29 bits per heavy atom. The largest absolute Gasteiger partial charge is 0.416 e. The number of aliphatic hydroxyl groups is 1. The van der Waals surface area contributed by atoms with Gasteiger partial charge in [-0.25, -0.2) is 8.78 Å². The highest BCUT2D eigenvalue weighted by molar-refractivity contribution is 5.98. The number of alkyl halides is 3. The van der Waals surface area contributed by atoms with Gasteiger partial charge >= 0.3 is 6.18 Å². The van der Waals surface area contributed by atoms with Gasteiger partial charge in [-0.15, -0.1) is 0 Å². The first-order valence-corrected chi connectivity index (χ1v) is 19.1. The number of carbonyl (C=O) groups excluding carboxylic acids is 2. The summed E-state index contributed by atoms with van der Waals surface area (Å²) >= 11 is 0. The van der Waals surface area contributed by atoms with Crippen LogP contribution in [0.1, 0.15) is 108 Å². The van der Waals surface area contributed by atoms with E-state index in [9.17, 15) is 36.6 Å². The highest BCUT2D eigenvalue weighted by Gasteiger charge is 2.45. The van der Waals surface area contributed by atoms with Crippen LogP contribution in [0.2, 0.25) is 0 Å². The number of unbranched alkanes of at least 4 members (excludes halogenated alkanes) is 4. The summed E-state index contributed by atoms with van der Waals surface area (Å²) in [5.41, 5.74) is 0.0416. The molecule has 2 aliphatic carbocycles. The van der Waals surface area contributed by atoms with Crippen molar-refractivity contribution in [3.05, 3.63) is 124 Å². The van der Waals surface area contributed by atoms with Crippen molar-refractivity contribution in [1.29, 1.82) is 0 Å². The molecule has 0 unspecified atom stereocenters. The molecule has 0 aliphatic heterocycles. The number of hydrogen-bond donors (Lipinski definition) is 3. The molecule has 13 heteroatoms. The molecular formula is C42H48F5N5O3. The van der Waals surface area contributed by atoms with E-state index in [1.807, 2.05) is 35.2 Å². The zero-order valence-electron chi connectivity index (χ0n) is 30.9. The lowest BCUT2D eigenvalue weighted by Gasteiger charge is -2.27. The molecule has 2 atom stereocenters. The van der Waals surface area contributed by atoms with E-state index in [4.69, 9.17) is 0 Å². The van der Waals surface area contributed by atoms with Crippen LogP contribution in [0.15, 0.2) is 78.9 Å². The van der Waals surface area contributed by atoms with Gasteiger partial charge in [-0.2, -0.15) is 18.3 Å². The first-order valence-electron chi connectivity index (χ1n) is 19.1. The number of halogens is 5. The van der Waals surface area contributed by atoms with Gasteiger partial charge in [0.15, 0.2) is 5.69 Å². The van der Waals surface area contributed by atoms with Crippen LogP contribution in [-0.2, 0) is 24.7 Å². The van der Waals surface area contributed by atoms with Gasteiger partial charge < -0.3 is 20.6 Å². The first kappa shape index (κ1) is 40.1. The van der Waals surface area contributed by atoms with Gasteiger partial charge in [0.25, 0.3) is 11.8 Å². The molecular weight excluding hydrogens is 717 g/mol. The van der Waals surface area contributed by atoms with Gasteiger partial charge in [0, 0.05) is 36.8 Å². The van der Waals surface area contributed by atoms with Crippen molar-refractivity contribution in [2.24, 2.45) is 0 Å². The number of carbonyl (C=O) groups is 2. The molecule has 2 fully saturated rings. The summed E-state index contributed by atoms with van der Waals surface area (Å²) in [4.78, 5) is 30.0. The van der Waals surface area contributed by atoms with Crippen LogP contribution in [0, 0.1) is 11.6 Å². The summed E-state index contributed by atoms with van der Waals surface area (Å²) in [6.45, 7) is 2.81. The van der Waals surface area contributed by atoms with Crippen LogP contribution in [0.25, 0.3) is 0 Å². The summed E-state index contributed by atoms with van der Waals surface area (Å²) in [5, 5.41) is 22.1. The van der Waals surface area contributed by atoms with E-state index in [0.717, 1.165) is 80.8 Å². The van der Waals surface area contributed by atoms with Crippen molar-refractivity contribution in [2.75, 3.05) is 13.1 Å². The molecule has 8 nitrogen and oxygen atoms in total. The van der Waals surface area contributed by atoms with Crippen molar-refractivity contribution in [3.8, 4) is 0 Å². The van der Waals surface area contributed by atoms with Gasteiger partial charge in [-0.05, 0) is 79.5 Å². The number of aromatic nitrogens is 2. The van der Waals surface area contributed by atoms with Crippen LogP contribution >= 0.6 is 0 Å². The van der Waals surface area contributed by atoms with Crippen LogP contribution < -0.4 is 10.6 Å². The normalized spacial score (nSPS) is 16.1. The molecule has 2 amide bonds. The van der Waals surface area contributed by atoms with Crippen molar-refractivity contribution < 1.29 is 36.6 Å². The zero-order valence-corrected chi connectivity index (χ0v) is 30.9. The van der Waals surface area contributed by atoms with E-state index >= 15 is 0 Å². The van der Waals surface area contributed by atoms with E-state index in [-0.39, 0.29) is 48.4 Å². The van der Waals surface area contributed by atoms with E-state index in [2.05, 4.69) is 22.7 Å². The topological polar surface area (TPSA) is 99.5 Å². The lowest BCUT2D eigenvalue weighted by Crippen LogP contribution is -2.50. The molecule has 294 valence electrons. The zero-order chi connectivity index (χ0) is 39.2. The first-order chi connectivity index (χ1) is 26.3. The standard InChI is InChI=1S/C42H48F5N5O3/c1-2-3-4-5-9-19-51(34-15-16-34)40(55)37-25-36(50-52(37)27-28-11-7-6-8-12-28)39(54)49-35(22-29-20-32(43)24-33(44)21-29)38(53)26-48-41(17-18-41)30-13-10-14-31(23-30)42(45,46)47/h6-8,10-14,20-21,23-25,34-35,38,48,53H,2-5,9,15-19,22,26-27H2,1H3,(H,49,54)/t35-,38+/m0/s1. The van der Waals surface area contributed by atoms with Crippen LogP contribution in [0.3, 0.4) is 0 Å². The number of hydrogen-bond acceptors (Lipinski definition) is 5. The number of aliphatic hydroxyl groups excluding tert-OH is 1. The maximum Gasteiger partial charge on any atom is 0.416 e. The van der Waals surface area contributed by atoms with Gasteiger partial charge in [-0.3, -0.25) is 14.3 Å². The Balaban J connectivity index is 1.23. The molecule has 1 heterocycles. The molecule has 1 aromatic heterocycles. The van der Waals surface area contributed by atoms with Crippen molar-refractivity contribution in [2.45, 2.75) is 108 Å². The van der Waals surface area contributed by atoms with Crippen LogP contribution in [0.5, 0.6) is 0 Å². The van der Waals surface area contributed by atoms with E-state index in [1.54, 1.807) is 6.07 Å². The van der Waals surface area contributed by atoms with E-state index in [1.165, 1.54) is 16.8 Å². The fourth-order valence-corrected chi connectivity index (χ4v) is 7.08. The number of amides is 2. The fourth-order valence-electron chi connectivity index (χ4n) is 7.08. The minimum absolute atomic E-state index is 0.0730. The Kier molecular flexibility index (Phi) is 12.7. The monoisotopic (exact) mass is 765 g/mol. The Labute approximate surface area is 318 Å². The average Bonchev–Trinajstić information content (AvgIpc) is 4.09. The molecule has 3 N–H and O–H groups in total. The predicted molar refractivity (Wildman–Crippen MR) is 198 cm³/mol. The second-order valence-corrected chi connectivity index (χ2v) is 14.9. The molecule has 55 heavy (non-hydrogen) atoms. The second-order valence-electron chi connectivity index (χ2n) is 14.9. The van der Waals surface area contributed by atoms with Gasteiger partial charge in [-0.1, -0.05) is 75.1 Å². The highest BCUT2D eigenvalue weighted by atomic mass is 19.4. The van der Waals surface area contributed by atoms with Crippen molar-refractivity contribution in [1.82, 2.24) is 25.3 Å². The minimum atomic E-state index is -4.52. The molecule has 4 aromatic rings. The molecule has 6 rings (SSSR count). The van der Waals surface area contributed by atoms with Crippen molar-refractivity contribution >= 4 is 11.8 Å². The molecule has 0 bridgehead atoms. The molecule has 2 saturated carbocycles. The maximum atomic E-state index is 14.3. The Morgan fingerprint density at radius 1 is 0.927 bits per heavy atom. The fraction of sp³-hybridized carbons (Fsp3) is 0.452. The van der Waals surface area contributed by atoms with E-state index in [0.29, 0.717) is 24.9 Å². The van der Waals surface area contributed by atoms with Gasteiger partial charge in [0.1, 0.15) is 17.3 Å². The number of rotatable bonds is 19. The second kappa shape index (κ2) is 17.5. The maximum absolute atomic E-state index is 14.3. The lowest BCUT2D eigenvalue weighted by molar-refractivity contribution is -0.137. The van der Waals surface area contributed by atoms with E-state index < -0.39 is 47.0 Å². The Bertz CT molecular complexity index is 1910. The molecule has 0 spiro atoms. The lowest BCUT2D eigenvalue weighted by atomic mass is 9.98.